The first-order chi connectivity index (χ1) is 12.8. The number of ether oxygens (including phenoxy) is 2. The Labute approximate surface area is 154 Å². The van der Waals surface area contributed by atoms with Crippen molar-refractivity contribution in [2.75, 3.05) is 26.3 Å². The van der Waals surface area contributed by atoms with Gasteiger partial charge in [-0.25, -0.2) is 0 Å². The third kappa shape index (κ3) is 4.90. The summed E-state index contributed by atoms with van der Waals surface area (Å²) in [4.78, 5) is 6.95. The van der Waals surface area contributed by atoms with E-state index in [0.29, 0.717) is 31.1 Å². The molecule has 0 aliphatic carbocycles. The first kappa shape index (κ1) is 17.6. The second kappa shape index (κ2) is 8.75. The van der Waals surface area contributed by atoms with Crippen molar-refractivity contribution in [3.05, 3.63) is 47.6 Å². The number of benzene rings is 1. The van der Waals surface area contributed by atoms with E-state index in [2.05, 4.69) is 27.2 Å². The van der Waals surface area contributed by atoms with Crippen molar-refractivity contribution in [3.8, 4) is 0 Å². The molecular formula is C20H27N3O3. The Balaban J connectivity index is 1.37. The van der Waals surface area contributed by atoms with Gasteiger partial charge in [0.15, 0.2) is 5.82 Å². The first-order valence-corrected chi connectivity index (χ1v) is 9.66. The van der Waals surface area contributed by atoms with Gasteiger partial charge in [-0.15, -0.1) is 0 Å². The summed E-state index contributed by atoms with van der Waals surface area (Å²) in [7, 11) is 0. The zero-order valence-corrected chi connectivity index (χ0v) is 15.2. The van der Waals surface area contributed by atoms with Gasteiger partial charge in [-0.3, -0.25) is 4.90 Å². The van der Waals surface area contributed by atoms with Crippen molar-refractivity contribution in [2.24, 2.45) is 0 Å². The lowest BCUT2D eigenvalue weighted by Crippen LogP contribution is -2.37. The van der Waals surface area contributed by atoms with Crippen LogP contribution in [0, 0.1) is 0 Å². The summed E-state index contributed by atoms with van der Waals surface area (Å²) in [5.74, 6) is 1.41. The molecule has 3 heterocycles. The Hall–Kier alpha value is -1.76. The van der Waals surface area contributed by atoms with E-state index in [1.807, 2.05) is 18.2 Å². The zero-order chi connectivity index (χ0) is 17.6. The van der Waals surface area contributed by atoms with Gasteiger partial charge in [0.2, 0.25) is 5.89 Å². The molecule has 2 saturated heterocycles. The molecule has 6 nitrogen and oxygen atoms in total. The largest absolute Gasteiger partial charge is 0.377 e. The third-order valence-electron chi connectivity index (χ3n) is 5.05. The van der Waals surface area contributed by atoms with Gasteiger partial charge in [-0.2, -0.15) is 4.98 Å². The first-order valence-electron chi connectivity index (χ1n) is 9.66. The molecule has 26 heavy (non-hydrogen) atoms. The molecule has 0 amide bonds. The van der Waals surface area contributed by atoms with E-state index in [-0.39, 0.29) is 0 Å². The monoisotopic (exact) mass is 357 g/mol. The fourth-order valence-corrected chi connectivity index (χ4v) is 3.75. The molecule has 2 aromatic rings. The summed E-state index contributed by atoms with van der Waals surface area (Å²) in [5, 5.41) is 4.15. The van der Waals surface area contributed by atoms with E-state index >= 15 is 0 Å². The molecule has 0 unspecified atom stereocenters. The number of nitrogens with zero attached hydrogens (tertiary/aromatic N) is 3. The highest BCUT2D eigenvalue weighted by atomic mass is 16.5. The van der Waals surface area contributed by atoms with E-state index in [1.54, 1.807) is 0 Å². The number of aromatic nitrogens is 2. The molecule has 0 spiro atoms. The van der Waals surface area contributed by atoms with Crippen LogP contribution in [0.2, 0.25) is 0 Å². The van der Waals surface area contributed by atoms with E-state index in [0.717, 1.165) is 57.8 Å². The molecule has 0 bridgehead atoms. The summed E-state index contributed by atoms with van der Waals surface area (Å²) < 4.78 is 17.2. The van der Waals surface area contributed by atoms with Gasteiger partial charge in [0.1, 0.15) is 0 Å². The Bertz CT molecular complexity index is 646. The Kier molecular flexibility index (Phi) is 5.94. The highest BCUT2D eigenvalue weighted by molar-refractivity contribution is 5.18. The minimum absolute atomic E-state index is 0.308. The molecule has 0 radical (unpaired) electrons. The maximum atomic E-state index is 5.82. The van der Waals surface area contributed by atoms with Crippen molar-refractivity contribution in [1.29, 1.82) is 0 Å². The molecule has 2 aliphatic heterocycles. The fourth-order valence-electron chi connectivity index (χ4n) is 3.75. The summed E-state index contributed by atoms with van der Waals surface area (Å²) in [6, 6.07) is 10.2. The summed E-state index contributed by atoms with van der Waals surface area (Å²) in [6.45, 7) is 4.20. The quantitative estimate of drug-likeness (QED) is 0.724. The summed E-state index contributed by atoms with van der Waals surface area (Å²) in [5.41, 5.74) is 1.19. The van der Waals surface area contributed by atoms with Crippen LogP contribution in [0.3, 0.4) is 0 Å². The topological polar surface area (TPSA) is 60.6 Å². The molecule has 2 fully saturated rings. The molecule has 2 atom stereocenters. The van der Waals surface area contributed by atoms with Crippen LogP contribution in [0.4, 0.5) is 0 Å². The van der Waals surface area contributed by atoms with Crippen molar-refractivity contribution < 1.29 is 14.0 Å². The molecule has 0 N–H and O–H groups in total. The van der Waals surface area contributed by atoms with Gasteiger partial charge < -0.3 is 14.0 Å². The second-order valence-corrected chi connectivity index (χ2v) is 7.23. The zero-order valence-electron chi connectivity index (χ0n) is 15.2. The van der Waals surface area contributed by atoms with Gasteiger partial charge in [0.05, 0.1) is 18.8 Å². The smallest absolute Gasteiger partial charge is 0.240 e. The predicted molar refractivity (Wildman–Crippen MR) is 96.8 cm³/mol. The molecule has 1 aromatic heterocycles. The molecule has 1 aromatic carbocycles. The van der Waals surface area contributed by atoms with Gasteiger partial charge in [-0.05, 0) is 31.2 Å². The highest BCUT2D eigenvalue weighted by Gasteiger charge is 2.25. The normalized spacial score (nSPS) is 23.1. The summed E-state index contributed by atoms with van der Waals surface area (Å²) >= 11 is 0. The van der Waals surface area contributed by atoms with Crippen molar-refractivity contribution in [1.82, 2.24) is 15.0 Å². The lowest BCUT2D eigenvalue weighted by atomic mass is 10.1. The Morgan fingerprint density at radius 3 is 2.27 bits per heavy atom. The third-order valence-corrected chi connectivity index (χ3v) is 5.05. The number of hydrogen-bond donors (Lipinski definition) is 0. The van der Waals surface area contributed by atoms with Crippen LogP contribution in [0.25, 0.3) is 0 Å². The average Bonchev–Trinajstić information content (AvgIpc) is 3.40. The number of hydrogen-bond acceptors (Lipinski definition) is 6. The predicted octanol–water partition coefficient (Wildman–Crippen LogP) is 2.82. The van der Waals surface area contributed by atoms with Crippen LogP contribution in [-0.2, 0) is 22.4 Å². The fraction of sp³-hybridized carbons (Fsp3) is 0.600. The SMILES string of the molecule is c1ccc(Cc2noc(CN(C[C@H]3CCCO3)C[C@@H]3CCCO3)n2)cc1. The lowest BCUT2D eigenvalue weighted by molar-refractivity contribution is 0.0309. The molecule has 2 aliphatic rings. The summed E-state index contributed by atoms with van der Waals surface area (Å²) in [6.07, 6.45) is 5.88. The van der Waals surface area contributed by atoms with E-state index in [9.17, 15) is 0 Å². The van der Waals surface area contributed by atoms with Crippen LogP contribution in [0.1, 0.15) is 43.0 Å². The molecule has 6 heteroatoms. The number of rotatable bonds is 8. The molecule has 4 rings (SSSR count). The molecule has 0 saturated carbocycles. The van der Waals surface area contributed by atoms with Crippen molar-refractivity contribution in [2.45, 2.75) is 50.9 Å². The van der Waals surface area contributed by atoms with E-state index in [4.69, 9.17) is 14.0 Å². The van der Waals surface area contributed by atoms with Crippen molar-refractivity contribution >= 4 is 0 Å². The van der Waals surface area contributed by atoms with Crippen LogP contribution < -0.4 is 0 Å². The van der Waals surface area contributed by atoms with Gasteiger partial charge in [-0.1, -0.05) is 35.5 Å². The Morgan fingerprint density at radius 1 is 0.962 bits per heavy atom. The van der Waals surface area contributed by atoms with Crippen LogP contribution in [-0.4, -0.2) is 53.6 Å². The van der Waals surface area contributed by atoms with Gasteiger partial charge >= 0.3 is 0 Å². The van der Waals surface area contributed by atoms with Crippen LogP contribution in [0.5, 0.6) is 0 Å². The maximum absolute atomic E-state index is 5.82. The molecular weight excluding hydrogens is 330 g/mol. The van der Waals surface area contributed by atoms with E-state index in [1.165, 1.54) is 5.56 Å². The standard InChI is InChI=1S/C20H27N3O3/c1-2-6-16(7-3-1)12-19-21-20(26-22-19)15-23(13-17-8-4-10-24-17)14-18-9-5-11-25-18/h1-3,6-7,17-18H,4-5,8-15H2/t17-,18+. The lowest BCUT2D eigenvalue weighted by Gasteiger charge is -2.26. The van der Waals surface area contributed by atoms with Gasteiger partial charge in [0.25, 0.3) is 0 Å². The van der Waals surface area contributed by atoms with Gasteiger partial charge in [0, 0.05) is 32.7 Å². The average molecular weight is 357 g/mol. The minimum Gasteiger partial charge on any atom is -0.377 e. The van der Waals surface area contributed by atoms with Crippen molar-refractivity contribution in [3.63, 3.8) is 0 Å². The van der Waals surface area contributed by atoms with Crippen LogP contribution in [0.15, 0.2) is 34.9 Å². The Morgan fingerprint density at radius 2 is 1.65 bits per heavy atom. The minimum atomic E-state index is 0.308. The second-order valence-electron chi connectivity index (χ2n) is 7.23. The van der Waals surface area contributed by atoms with Crippen LogP contribution >= 0.6 is 0 Å². The van der Waals surface area contributed by atoms with E-state index < -0.39 is 0 Å². The highest BCUT2D eigenvalue weighted by Crippen LogP contribution is 2.19. The molecule has 140 valence electrons. The maximum Gasteiger partial charge on any atom is 0.240 e.